The van der Waals surface area contributed by atoms with Crippen molar-refractivity contribution >= 4 is 37.8 Å². The molecule has 0 bridgehead atoms. The topological polar surface area (TPSA) is 119 Å². The van der Waals surface area contributed by atoms with E-state index in [1.54, 1.807) is 6.07 Å². The molecule has 0 atom stereocenters. The van der Waals surface area contributed by atoms with E-state index in [1.165, 1.54) is 46.8 Å². The number of hydrogen-bond donors (Lipinski definition) is 1. The number of morpholine rings is 1. The van der Waals surface area contributed by atoms with Gasteiger partial charge in [0.05, 0.1) is 23.5 Å². The number of benzene rings is 2. The number of ether oxygens (including phenoxy) is 1. The third-order valence-electron chi connectivity index (χ3n) is 4.59. The molecule has 1 saturated heterocycles. The predicted octanol–water partition coefficient (Wildman–Crippen LogP) is 1.65. The average Bonchev–Trinajstić information content (AvgIpc) is 2.74. The Hall–Kier alpha value is -2.73. The van der Waals surface area contributed by atoms with E-state index in [2.05, 4.69) is 5.32 Å². The van der Waals surface area contributed by atoms with Crippen LogP contribution in [0.15, 0.2) is 52.8 Å². The molecule has 0 aliphatic carbocycles. The summed E-state index contributed by atoms with van der Waals surface area (Å²) in [5.41, 5.74) is 1.08. The average molecular weight is 450 g/mol. The molecule has 0 aromatic heterocycles. The maximum absolute atomic E-state index is 12.8. The lowest BCUT2D eigenvalue weighted by Crippen LogP contribution is -2.40. The zero-order valence-corrected chi connectivity index (χ0v) is 17.3. The van der Waals surface area contributed by atoms with Crippen molar-refractivity contribution in [3.8, 4) is 5.75 Å². The highest BCUT2D eigenvalue weighted by molar-refractivity contribution is 7.90. The molecule has 2 aliphatic heterocycles. The number of amides is 1. The Morgan fingerprint density at radius 2 is 1.83 bits per heavy atom. The minimum Gasteiger partial charge on any atom is -0.379 e. The van der Waals surface area contributed by atoms with Crippen molar-refractivity contribution < 1.29 is 30.6 Å². The molecule has 4 rings (SSSR count). The van der Waals surface area contributed by atoms with Crippen molar-refractivity contribution in [3.63, 3.8) is 0 Å². The van der Waals surface area contributed by atoms with Crippen LogP contribution in [-0.4, -0.2) is 53.4 Å². The second-order valence-corrected chi connectivity index (χ2v) is 9.99. The van der Waals surface area contributed by atoms with Crippen LogP contribution in [0.4, 0.5) is 5.69 Å². The Labute approximate surface area is 174 Å². The van der Waals surface area contributed by atoms with Crippen molar-refractivity contribution in [1.29, 1.82) is 0 Å². The molecule has 1 fully saturated rings. The zero-order valence-electron chi connectivity index (χ0n) is 15.6. The van der Waals surface area contributed by atoms with E-state index in [9.17, 15) is 21.6 Å². The van der Waals surface area contributed by atoms with Crippen LogP contribution in [-0.2, 0) is 24.9 Å². The van der Waals surface area contributed by atoms with Gasteiger partial charge in [-0.2, -0.15) is 12.7 Å². The first-order valence-corrected chi connectivity index (χ1v) is 11.9. The first-order chi connectivity index (χ1) is 14.2. The van der Waals surface area contributed by atoms with E-state index >= 15 is 0 Å². The minimum absolute atomic E-state index is 0.0315. The van der Waals surface area contributed by atoms with E-state index in [1.807, 2.05) is 0 Å². The minimum atomic E-state index is -3.74. The Kier molecular flexibility index (Phi) is 5.36. The van der Waals surface area contributed by atoms with Gasteiger partial charge in [-0.25, -0.2) is 8.42 Å². The summed E-state index contributed by atoms with van der Waals surface area (Å²) in [7, 11) is -7.46. The van der Waals surface area contributed by atoms with Crippen LogP contribution >= 0.6 is 0 Å². The highest BCUT2D eigenvalue weighted by atomic mass is 32.2. The van der Waals surface area contributed by atoms with Crippen molar-refractivity contribution in [2.45, 2.75) is 4.90 Å². The largest absolute Gasteiger partial charge is 0.379 e. The van der Waals surface area contributed by atoms with Gasteiger partial charge in [0.1, 0.15) is 5.75 Å². The van der Waals surface area contributed by atoms with Crippen LogP contribution in [0, 0.1) is 0 Å². The van der Waals surface area contributed by atoms with Crippen molar-refractivity contribution in [3.05, 3.63) is 59.0 Å². The number of nitrogens with one attached hydrogen (secondary N) is 1. The van der Waals surface area contributed by atoms with E-state index in [0.29, 0.717) is 24.5 Å². The van der Waals surface area contributed by atoms with E-state index in [0.717, 1.165) is 5.41 Å². The number of fused-ring (bicyclic) bond motifs is 1. The lowest BCUT2D eigenvalue weighted by atomic mass is 10.1. The first-order valence-electron chi connectivity index (χ1n) is 9.01. The van der Waals surface area contributed by atoms with Crippen LogP contribution in [0.2, 0.25) is 0 Å². The van der Waals surface area contributed by atoms with Crippen molar-refractivity contribution in [1.82, 2.24) is 4.31 Å². The van der Waals surface area contributed by atoms with E-state index in [4.69, 9.17) is 8.92 Å². The number of carbonyl (C=O) groups is 1. The standard InChI is InChI=1S/C19H18N2O7S2/c22-19(20-16-4-5-18-14(12-16)6-11-29(23,24)28-18)15-2-1-3-17(13-15)30(25,26)21-7-9-27-10-8-21/h1-6,11-13H,7-10H2,(H,20,22). The number of hydrogen-bond acceptors (Lipinski definition) is 7. The predicted molar refractivity (Wildman–Crippen MR) is 109 cm³/mol. The summed E-state index contributed by atoms with van der Waals surface area (Å²) in [6.45, 7) is 1.19. The van der Waals surface area contributed by atoms with Crippen LogP contribution in [0.3, 0.4) is 0 Å². The SMILES string of the molecule is O=C(Nc1ccc2c(c1)C=CS(=O)(=O)O2)c1cccc(S(=O)(=O)N2CCOCC2)c1. The van der Waals surface area contributed by atoms with Gasteiger partial charge in [-0.05, 0) is 42.5 Å². The van der Waals surface area contributed by atoms with Crippen molar-refractivity contribution in [2.75, 3.05) is 31.6 Å². The molecule has 11 heteroatoms. The Morgan fingerprint density at radius 1 is 1.07 bits per heavy atom. The number of sulfonamides is 1. The second kappa shape index (κ2) is 7.84. The molecule has 158 valence electrons. The molecule has 2 aromatic rings. The fraction of sp³-hybridized carbons (Fsp3) is 0.211. The van der Waals surface area contributed by atoms with Gasteiger partial charge in [-0.1, -0.05) is 6.07 Å². The lowest BCUT2D eigenvalue weighted by Gasteiger charge is -2.26. The summed E-state index contributed by atoms with van der Waals surface area (Å²) in [4.78, 5) is 12.7. The highest BCUT2D eigenvalue weighted by Crippen LogP contribution is 2.29. The van der Waals surface area contributed by atoms with Crippen molar-refractivity contribution in [2.24, 2.45) is 0 Å². The summed E-state index contributed by atoms with van der Waals surface area (Å²) >= 11 is 0. The van der Waals surface area contributed by atoms with Gasteiger partial charge in [0, 0.05) is 29.9 Å². The molecule has 0 unspecified atom stereocenters. The third-order valence-corrected chi connectivity index (χ3v) is 7.37. The number of rotatable bonds is 4. The molecule has 0 saturated carbocycles. The van der Waals surface area contributed by atoms with Gasteiger partial charge < -0.3 is 14.2 Å². The van der Waals surface area contributed by atoms with Gasteiger partial charge in [0.15, 0.2) is 0 Å². The molecule has 2 heterocycles. The van der Waals surface area contributed by atoms with Crippen LogP contribution < -0.4 is 9.50 Å². The molecule has 30 heavy (non-hydrogen) atoms. The fourth-order valence-corrected chi connectivity index (χ4v) is 5.30. The summed E-state index contributed by atoms with van der Waals surface area (Å²) < 4.78 is 59.9. The molecule has 0 spiro atoms. The van der Waals surface area contributed by atoms with Gasteiger partial charge in [0.2, 0.25) is 10.0 Å². The van der Waals surface area contributed by atoms with Gasteiger partial charge in [0.25, 0.3) is 5.91 Å². The molecular formula is C19H18N2O7S2. The quantitative estimate of drug-likeness (QED) is 0.704. The maximum Gasteiger partial charge on any atom is 0.332 e. The van der Waals surface area contributed by atoms with Gasteiger partial charge in [-0.15, -0.1) is 0 Å². The fourth-order valence-electron chi connectivity index (χ4n) is 3.08. The molecule has 2 aromatic carbocycles. The zero-order chi connectivity index (χ0) is 21.4. The van der Waals surface area contributed by atoms with E-state index in [-0.39, 0.29) is 29.3 Å². The van der Waals surface area contributed by atoms with Gasteiger partial charge >= 0.3 is 10.1 Å². The maximum atomic E-state index is 12.8. The van der Waals surface area contributed by atoms with E-state index < -0.39 is 26.0 Å². The Morgan fingerprint density at radius 3 is 2.60 bits per heavy atom. The lowest BCUT2D eigenvalue weighted by molar-refractivity contribution is 0.0730. The summed E-state index contributed by atoms with van der Waals surface area (Å²) in [6, 6.07) is 10.3. The van der Waals surface area contributed by atoms with Crippen LogP contribution in [0.25, 0.3) is 6.08 Å². The molecule has 1 amide bonds. The van der Waals surface area contributed by atoms with Crippen LogP contribution in [0.1, 0.15) is 15.9 Å². The smallest absolute Gasteiger partial charge is 0.332 e. The molecule has 1 N–H and O–H groups in total. The second-order valence-electron chi connectivity index (χ2n) is 6.63. The highest BCUT2D eigenvalue weighted by Gasteiger charge is 2.27. The first kappa shape index (κ1) is 20.5. The number of anilines is 1. The number of carbonyl (C=O) groups excluding carboxylic acids is 1. The molecule has 2 aliphatic rings. The number of nitrogens with zero attached hydrogens (tertiary/aromatic N) is 1. The molecular weight excluding hydrogens is 432 g/mol. The summed E-state index contributed by atoms with van der Waals surface area (Å²) in [6.07, 6.45) is 1.37. The summed E-state index contributed by atoms with van der Waals surface area (Å²) in [5.74, 6) is -0.337. The summed E-state index contributed by atoms with van der Waals surface area (Å²) in [5, 5.41) is 3.61. The third kappa shape index (κ3) is 4.24. The van der Waals surface area contributed by atoms with Gasteiger partial charge in [-0.3, -0.25) is 4.79 Å². The molecule has 9 nitrogen and oxygen atoms in total. The van der Waals surface area contributed by atoms with Crippen LogP contribution in [0.5, 0.6) is 5.75 Å². The Balaban J connectivity index is 1.54. The normalized spacial score (nSPS) is 18.3. The molecule has 0 radical (unpaired) electrons. The monoisotopic (exact) mass is 450 g/mol. The Bertz CT molecular complexity index is 1230.